The maximum Gasteiger partial charge on any atom is 0.248 e. The van der Waals surface area contributed by atoms with E-state index in [1.807, 2.05) is 6.07 Å². The lowest BCUT2D eigenvalue weighted by molar-refractivity contribution is 0.100. The van der Waals surface area contributed by atoms with E-state index < -0.39 is 5.91 Å². The highest BCUT2D eigenvalue weighted by molar-refractivity contribution is 8.14. The SMILES string of the molecule is NC(=O)c1cccc(NC2=NCCS2)c1. The Morgan fingerprint density at radius 2 is 2.40 bits per heavy atom. The molecule has 0 atom stereocenters. The van der Waals surface area contributed by atoms with Crippen molar-refractivity contribution in [3.63, 3.8) is 0 Å². The summed E-state index contributed by atoms with van der Waals surface area (Å²) in [6, 6.07) is 7.09. The van der Waals surface area contributed by atoms with Crippen LogP contribution in [-0.4, -0.2) is 23.4 Å². The van der Waals surface area contributed by atoms with Crippen LogP contribution in [0.1, 0.15) is 10.4 Å². The molecule has 0 saturated carbocycles. The molecule has 0 spiro atoms. The first-order valence-corrected chi connectivity index (χ1v) is 5.58. The van der Waals surface area contributed by atoms with Gasteiger partial charge in [0.2, 0.25) is 5.91 Å². The number of primary amides is 1. The van der Waals surface area contributed by atoms with Crippen molar-refractivity contribution in [3.05, 3.63) is 29.8 Å². The number of anilines is 1. The zero-order valence-corrected chi connectivity index (χ0v) is 8.88. The third kappa shape index (κ3) is 2.50. The fraction of sp³-hybridized carbons (Fsp3) is 0.200. The van der Waals surface area contributed by atoms with Crippen molar-refractivity contribution in [2.24, 2.45) is 10.7 Å². The van der Waals surface area contributed by atoms with Crippen molar-refractivity contribution >= 4 is 28.5 Å². The Labute approximate surface area is 92.0 Å². The molecule has 1 aromatic rings. The van der Waals surface area contributed by atoms with Crippen LogP contribution in [0.15, 0.2) is 29.3 Å². The van der Waals surface area contributed by atoms with E-state index in [1.54, 1.807) is 30.0 Å². The van der Waals surface area contributed by atoms with E-state index in [9.17, 15) is 4.79 Å². The fourth-order valence-electron chi connectivity index (χ4n) is 1.28. The van der Waals surface area contributed by atoms with Gasteiger partial charge in [0.25, 0.3) is 0 Å². The number of hydrogen-bond acceptors (Lipinski definition) is 4. The molecule has 1 amide bonds. The van der Waals surface area contributed by atoms with E-state index in [4.69, 9.17) is 5.73 Å². The second-order valence-corrected chi connectivity index (χ2v) is 4.19. The van der Waals surface area contributed by atoms with E-state index in [0.717, 1.165) is 23.2 Å². The summed E-state index contributed by atoms with van der Waals surface area (Å²) in [5, 5.41) is 4.04. The Hall–Kier alpha value is -1.49. The predicted octanol–water partition coefficient (Wildman–Crippen LogP) is 1.30. The maximum atomic E-state index is 10.9. The van der Waals surface area contributed by atoms with Crippen LogP contribution >= 0.6 is 11.8 Å². The molecule has 5 heteroatoms. The average Bonchev–Trinajstić information content (AvgIpc) is 2.71. The number of carbonyl (C=O) groups is 1. The minimum Gasteiger partial charge on any atom is -0.366 e. The van der Waals surface area contributed by atoms with Crippen molar-refractivity contribution in [1.29, 1.82) is 0 Å². The summed E-state index contributed by atoms with van der Waals surface area (Å²) in [6.45, 7) is 0.850. The summed E-state index contributed by atoms with van der Waals surface area (Å²) in [5.74, 6) is 0.595. The smallest absolute Gasteiger partial charge is 0.248 e. The van der Waals surface area contributed by atoms with Gasteiger partial charge in [-0.05, 0) is 18.2 Å². The summed E-state index contributed by atoms with van der Waals surface area (Å²) < 4.78 is 0. The average molecular weight is 221 g/mol. The second-order valence-electron chi connectivity index (χ2n) is 3.11. The first kappa shape index (κ1) is 10.0. The van der Waals surface area contributed by atoms with Gasteiger partial charge in [0.1, 0.15) is 0 Å². The molecule has 0 aromatic heterocycles. The zero-order valence-electron chi connectivity index (χ0n) is 8.06. The van der Waals surface area contributed by atoms with Gasteiger partial charge < -0.3 is 11.1 Å². The molecule has 3 N–H and O–H groups in total. The molecule has 0 bridgehead atoms. The second kappa shape index (κ2) is 4.35. The largest absolute Gasteiger partial charge is 0.366 e. The normalized spacial score (nSPS) is 14.8. The maximum absolute atomic E-state index is 10.9. The molecule has 0 aliphatic carbocycles. The van der Waals surface area contributed by atoms with Crippen LogP contribution in [0.3, 0.4) is 0 Å². The number of aliphatic imine (C=N–C) groups is 1. The highest BCUT2D eigenvalue weighted by atomic mass is 32.2. The van der Waals surface area contributed by atoms with Crippen LogP contribution in [-0.2, 0) is 0 Å². The fourth-order valence-corrected chi connectivity index (χ4v) is 2.03. The number of thioether (sulfide) groups is 1. The predicted molar refractivity (Wildman–Crippen MR) is 63.3 cm³/mol. The third-order valence-electron chi connectivity index (χ3n) is 1.98. The van der Waals surface area contributed by atoms with Crippen LogP contribution in [0.4, 0.5) is 5.69 Å². The van der Waals surface area contributed by atoms with Gasteiger partial charge in [-0.3, -0.25) is 9.79 Å². The van der Waals surface area contributed by atoms with Gasteiger partial charge in [0, 0.05) is 17.0 Å². The number of hydrogen-bond donors (Lipinski definition) is 2. The monoisotopic (exact) mass is 221 g/mol. The molecule has 0 radical (unpaired) electrons. The third-order valence-corrected chi connectivity index (χ3v) is 2.88. The Morgan fingerprint density at radius 1 is 1.53 bits per heavy atom. The van der Waals surface area contributed by atoms with Gasteiger partial charge in [-0.2, -0.15) is 0 Å². The zero-order chi connectivity index (χ0) is 10.7. The summed E-state index contributed by atoms with van der Waals surface area (Å²) in [6.07, 6.45) is 0. The molecule has 0 saturated heterocycles. The van der Waals surface area contributed by atoms with Crippen molar-refractivity contribution < 1.29 is 4.79 Å². The van der Waals surface area contributed by atoms with Crippen LogP contribution < -0.4 is 11.1 Å². The summed E-state index contributed by atoms with van der Waals surface area (Å²) in [7, 11) is 0. The minimum atomic E-state index is -0.417. The molecule has 1 aliphatic rings. The van der Waals surface area contributed by atoms with Crippen molar-refractivity contribution in [2.75, 3.05) is 17.6 Å². The van der Waals surface area contributed by atoms with Gasteiger partial charge in [-0.25, -0.2) is 0 Å². The first-order valence-electron chi connectivity index (χ1n) is 4.60. The van der Waals surface area contributed by atoms with Gasteiger partial charge in [-0.15, -0.1) is 0 Å². The molecule has 1 aromatic carbocycles. The summed E-state index contributed by atoms with van der Waals surface area (Å²) >= 11 is 1.67. The number of amides is 1. The van der Waals surface area contributed by atoms with Gasteiger partial charge in [0.05, 0.1) is 6.54 Å². The lowest BCUT2D eigenvalue weighted by atomic mass is 10.2. The number of benzene rings is 1. The number of amidine groups is 1. The molecule has 1 heterocycles. The molecule has 0 fully saturated rings. The van der Waals surface area contributed by atoms with E-state index in [1.165, 1.54) is 0 Å². The van der Waals surface area contributed by atoms with E-state index >= 15 is 0 Å². The Balaban J connectivity index is 2.14. The van der Waals surface area contributed by atoms with Crippen LogP contribution in [0, 0.1) is 0 Å². The lowest BCUT2D eigenvalue weighted by Crippen LogP contribution is -2.12. The Kier molecular flexibility index (Phi) is 2.91. The van der Waals surface area contributed by atoms with Gasteiger partial charge in [-0.1, -0.05) is 17.8 Å². The van der Waals surface area contributed by atoms with Crippen LogP contribution in [0.2, 0.25) is 0 Å². The standard InChI is InChI=1S/C10H11N3OS/c11-9(14)7-2-1-3-8(6-7)13-10-12-4-5-15-10/h1-3,6H,4-5H2,(H2,11,14)(H,12,13). The van der Waals surface area contributed by atoms with Crippen LogP contribution in [0.25, 0.3) is 0 Å². The van der Waals surface area contributed by atoms with Crippen molar-refractivity contribution in [3.8, 4) is 0 Å². The van der Waals surface area contributed by atoms with E-state index in [-0.39, 0.29) is 0 Å². The molecular formula is C10H11N3OS. The number of nitrogens with two attached hydrogens (primary N) is 1. The molecule has 1 aliphatic heterocycles. The number of nitrogens with zero attached hydrogens (tertiary/aromatic N) is 1. The highest BCUT2D eigenvalue weighted by Crippen LogP contribution is 2.16. The molecular weight excluding hydrogens is 210 g/mol. The number of carbonyl (C=O) groups excluding carboxylic acids is 1. The summed E-state index contributed by atoms with van der Waals surface area (Å²) in [5.41, 5.74) is 6.54. The topological polar surface area (TPSA) is 67.5 Å². The van der Waals surface area contributed by atoms with E-state index in [0.29, 0.717) is 5.56 Å². The summed E-state index contributed by atoms with van der Waals surface area (Å²) in [4.78, 5) is 15.2. The molecule has 4 nitrogen and oxygen atoms in total. The molecule has 0 unspecified atom stereocenters. The lowest BCUT2D eigenvalue weighted by Gasteiger charge is -2.05. The number of nitrogens with one attached hydrogen (secondary N) is 1. The Morgan fingerprint density at radius 3 is 3.07 bits per heavy atom. The highest BCUT2D eigenvalue weighted by Gasteiger charge is 2.07. The first-order chi connectivity index (χ1) is 7.25. The minimum absolute atomic E-state index is 0.417. The van der Waals surface area contributed by atoms with Gasteiger partial charge >= 0.3 is 0 Å². The van der Waals surface area contributed by atoms with Crippen molar-refractivity contribution in [1.82, 2.24) is 0 Å². The quantitative estimate of drug-likeness (QED) is 0.791. The molecule has 15 heavy (non-hydrogen) atoms. The molecule has 78 valence electrons. The Bertz CT molecular complexity index is 417. The molecule has 2 rings (SSSR count). The van der Waals surface area contributed by atoms with E-state index in [2.05, 4.69) is 10.3 Å². The van der Waals surface area contributed by atoms with Gasteiger partial charge in [0.15, 0.2) is 5.17 Å². The number of rotatable bonds is 2. The van der Waals surface area contributed by atoms with Crippen LogP contribution in [0.5, 0.6) is 0 Å². The van der Waals surface area contributed by atoms with Crippen molar-refractivity contribution in [2.45, 2.75) is 0 Å².